The molecular formula is C19H18FNO4. The van der Waals surface area contributed by atoms with Gasteiger partial charge in [-0.05, 0) is 48.0 Å². The molecule has 0 aromatic heterocycles. The molecule has 0 saturated heterocycles. The minimum absolute atomic E-state index is 0.139. The van der Waals surface area contributed by atoms with E-state index in [9.17, 15) is 9.18 Å². The molecule has 1 heterocycles. The van der Waals surface area contributed by atoms with Gasteiger partial charge in [-0.2, -0.15) is 0 Å². The molecule has 25 heavy (non-hydrogen) atoms. The van der Waals surface area contributed by atoms with Crippen molar-refractivity contribution in [1.29, 1.82) is 0 Å². The van der Waals surface area contributed by atoms with Gasteiger partial charge in [-0.1, -0.05) is 6.07 Å². The Morgan fingerprint density at radius 3 is 2.76 bits per heavy atom. The quantitative estimate of drug-likeness (QED) is 0.756. The van der Waals surface area contributed by atoms with Crippen molar-refractivity contribution in [3.8, 4) is 17.2 Å². The van der Waals surface area contributed by atoms with E-state index < -0.39 is 0 Å². The normalized spacial score (nSPS) is 12.4. The maximum atomic E-state index is 12.8. The highest BCUT2D eigenvalue weighted by atomic mass is 19.1. The molecule has 3 rings (SSSR count). The summed E-state index contributed by atoms with van der Waals surface area (Å²) >= 11 is 0. The van der Waals surface area contributed by atoms with Gasteiger partial charge < -0.3 is 19.1 Å². The maximum absolute atomic E-state index is 12.8. The molecule has 0 aliphatic carbocycles. The van der Waals surface area contributed by atoms with E-state index in [2.05, 4.69) is 0 Å². The summed E-state index contributed by atoms with van der Waals surface area (Å²) in [5, 5.41) is 0. The third-order valence-corrected chi connectivity index (χ3v) is 3.70. The molecule has 2 aromatic carbocycles. The molecule has 0 bridgehead atoms. The lowest BCUT2D eigenvalue weighted by atomic mass is 10.2. The number of hydrogen-bond donors (Lipinski definition) is 0. The zero-order valence-corrected chi connectivity index (χ0v) is 13.8. The summed E-state index contributed by atoms with van der Waals surface area (Å²) in [6, 6.07) is 11.3. The topological polar surface area (TPSA) is 48.0 Å². The molecule has 1 aliphatic rings. The van der Waals surface area contributed by atoms with Gasteiger partial charge in [-0.3, -0.25) is 4.79 Å². The van der Waals surface area contributed by atoms with E-state index >= 15 is 0 Å². The third-order valence-electron chi connectivity index (χ3n) is 3.70. The Balaban J connectivity index is 1.47. The Hall–Kier alpha value is -3.02. The number of ether oxygens (including phenoxy) is 3. The molecular weight excluding hydrogens is 325 g/mol. The number of hydrogen-bond acceptors (Lipinski definition) is 4. The van der Waals surface area contributed by atoms with Gasteiger partial charge in [-0.25, -0.2) is 4.39 Å². The molecule has 130 valence electrons. The van der Waals surface area contributed by atoms with Crippen molar-refractivity contribution >= 4 is 12.0 Å². The number of rotatable bonds is 6. The van der Waals surface area contributed by atoms with E-state index in [-0.39, 0.29) is 18.5 Å². The number of carbonyl (C=O) groups is 1. The van der Waals surface area contributed by atoms with Crippen molar-refractivity contribution in [2.45, 2.75) is 0 Å². The minimum Gasteiger partial charge on any atom is -0.492 e. The Labute approximate surface area is 145 Å². The van der Waals surface area contributed by atoms with E-state index in [1.165, 1.54) is 18.2 Å². The Morgan fingerprint density at radius 1 is 1.20 bits per heavy atom. The van der Waals surface area contributed by atoms with Crippen LogP contribution in [0.4, 0.5) is 4.39 Å². The lowest BCUT2D eigenvalue weighted by Crippen LogP contribution is -2.29. The summed E-state index contributed by atoms with van der Waals surface area (Å²) in [5.74, 6) is 1.50. The lowest BCUT2D eigenvalue weighted by Gasteiger charge is -2.15. The standard InChI is InChI=1S/C19H18FNO4/c1-21(10-11-23-16-6-4-15(20)5-7-16)19(22)9-3-14-2-8-17-18(12-14)25-13-24-17/h2-9,12H,10-11,13H2,1H3/b9-3+. The smallest absolute Gasteiger partial charge is 0.246 e. The van der Waals surface area contributed by atoms with Crippen LogP contribution in [0.15, 0.2) is 48.5 Å². The van der Waals surface area contributed by atoms with E-state index in [4.69, 9.17) is 14.2 Å². The van der Waals surface area contributed by atoms with Crippen LogP contribution in [0.1, 0.15) is 5.56 Å². The van der Waals surface area contributed by atoms with Gasteiger partial charge in [0.25, 0.3) is 0 Å². The number of amides is 1. The summed E-state index contributed by atoms with van der Waals surface area (Å²) in [6.07, 6.45) is 3.22. The number of halogens is 1. The van der Waals surface area contributed by atoms with E-state index in [1.807, 2.05) is 18.2 Å². The summed E-state index contributed by atoms with van der Waals surface area (Å²) < 4.78 is 28.8. The zero-order chi connectivity index (χ0) is 17.6. The molecule has 0 fully saturated rings. The van der Waals surface area contributed by atoms with Gasteiger partial charge in [0.05, 0.1) is 6.54 Å². The Bertz CT molecular complexity index is 773. The van der Waals surface area contributed by atoms with Gasteiger partial charge in [0.15, 0.2) is 11.5 Å². The van der Waals surface area contributed by atoms with Crippen molar-refractivity contribution in [3.05, 3.63) is 59.9 Å². The summed E-state index contributed by atoms with van der Waals surface area (Å²) in [5.41, 5.74) is 0.855. The molecule has 0 atom stereocenters. The van der Waals surface area contributed by atoms with Crippen molar-refractivity contribution < 1.29 is 23.4 Å². The van der Waals surface area contributed by atoms with Gasteiger partial charge in [-0.15, -0.1) is 0 Å². The molecule has 2 aromatic rings. The van der Waals surface area contributed by atoms with Crippen LogP contribution >= 0.6 is 0 Å². The fourth-order valence-corrected chi connectivity index (χ4v) is 2.25. The first-order chi connectivity index (χ1) is 12.1. The molecule has 0 saturated carbocycles. The number of benzene rings is 2. The van der Waals surface area contributed by atoms with Gasteiger partial charge in [0.2, 0.25) is 12.7 Å². The highest BCUT2D eigenvalue weighted by molar-refractivity contribution is 5.91. The largest absolute Gasteiger partial charge is 0.492 e. The molecule has 5 nitrogen and oxygen atoms in total. The second-order valence-corrected chi connectivity index (χ2v) is 5.51. The molecule has 1 aliphatic heterocycles. The summed E-state index contributed by atoms with van der Waals surface area (Å²) in [6.45, 7) is 0.964. The lowest BCUT2D eigenvalue weighted by molar-refractivity contribution is -0.125. The molecule has 0 unspecified atom stereocenters. The Kier molecular flexibility index (Phi) is 5.18. The average molecular weight is 343 g/mol. The van der Waals surface area contributed by atoms with Crippen LogP contribution in [0.2, 0.25) is 0 Å². The fraction of sp³-hybridized carbons (Fsp3) is 0.211. The van der Waals surface area contributed by atoms with E-state index in [0.717, 1.165) is 5.56 Å². The first-order valence-electron chi connectivity index (χ1n) is 7.83. The van der Waals surface area contributed by atoms with Crippen LogP contribution < -0.4 is 14.2 Å². The summed E-state index contributed by atoms with van der Waals surface area (Å²) in [4.78, 5) is 13.7. The predicted molar refractivity (Wildman–Crippen MR) is 91.1 cm³/mol. The van der Waals surface area contributed by atoms with Crippen LogP contribution in [-0.4, -0.2) is 37.8 Å². The third kappa shape index (κ3) is 4.50. The molecule has 6 heteroatoms. The first kappa shape index (κ1) is 16.8. The van der Waals surface area contributed by atoms with Crippen LogP contribution in [0.3, 0.4) is 0 Å². The monoisotopic (exact) mass is 343 g/mol. The summed E-state index contributed by atoms with van der Waals surface area (Å²) in [7, 11) is 1.69. The van der Waals surface area contributed by atoms with Gasteiger partial charge in [0.1, 0.15) is 18.2 Å². The molecule has 1 amide bonds. The maximum Gasteiger partial charge on any atom is 0.246 e. The molecule has 0 radical (unpaired) electrons. The van der Waals surface area contributed by atoms with E-state index in [0.29, 0.717) is 30.4 Å². The van der Waals surface area contributed by atoms with E-state index in [1.54, 1.807) is 30.2 Å². The number of carbonyl (C=O) groups excluding carboxylic acids is 1. The van der Waals surface area contributed by atoms with Crippen LogP contribution in [0.25, 0.3) is 6.08 Å². The predicted octanol–water partition coefficient (Wildman–Crippen LogP) is 3.11. The van der Waals surface area contributed by atoms with Crippen molar-refractivity contribution in [1.82, 2.24) is 4.90 Å². The number of fused-ring (bicyclic) bond motifs is 1. The highest BCUT2D eigenvalue weighted by Crippen LogP contribution is 2.32. The van der Waals surface area contributed by atoms with Crippen LogP contribution in [0, 0.1) is 5.82 Å². The van der Waals surface area contributed by atoms with Crippen molar-refractivity contribution in [2.75, 3.05) is 27.0 Å². The molecule has 0 spiro atoms. The first-order valence-corrected chi connectivity index (χ1v) is 7.83. The minimum atomic E-state index is -0.312. The number of likely N-dealkylation sites (N-methyl/N-ethyl adjacent to an activating group) is 1. The number of nitrogens with zero attached hydrogens (tertiary/aromatic N) is 1. The SMILES string of the molecule is CN(CCOc1ccc(F)cc1)C(=O)/C=C/c1ccc2c(c1)OCO2. The van der Waals surface area contributed by atoms with Gasteiger partial charge >= 0.3 is 0 Å². The van der Waals surface area contributed by atoms with Crippen molar-refractivity contribution in [2.24, 2.45) is 0 Å². The Morgan fingerprint density at radius 2 is 1.96 bits per heavy atom. The molecule has 0 N–H and O–H groups in total. The average Bonchev–Trinajstić information content (AvgIpc) is 3.09. The van der Waals surface area contributed by atoms with Crippen molar-refractivity contribution in [3.63, 3.8) is 0 Å². The van der Waals surface area contributed by atoms with Crippen LogP contribution in [0.5, 0.6) is 17.2 Å². The zero-order valence-electron chi connectivity index (χ0n) is 13.8. The highest BCUT2D eigenvalue weighted by Gasteiger charge is 2.12. The second kappa shape index (κ2) is 7.70. The van der Waals surface area contributed by atoms with Gasteiger partial charge in [0, 0.05) is 13.1 Å². The second-order valence-electron chi connectivity index (χ2n) is 5.51. The fourth-order valence-electron chi connectivity index (χ4n) is 2.25. The van der Waals surface area contributed by atoms with Crippen LogP contribution in [-0.2, 0) is 4.79 Å².